The van der Waals surface area contributed by atoms with Crippen molar-refractivity contribution in [3.05, 3.63) is 0 Å². The molecular weight excluding hydrogens is 141 g/mol. The van der Waals surface area contributed by atoms with Crippen LogP contribution >= 0.6 is 0 Å². The molecule has 0 aliphatic carbocycles. The summed E-state index contributed by atoms with van der Waals surface area (Å²) in [5.41, 5.74) is 0. The molecule has 0 amide bonds. The first-order valence-electron chi connectivity index (χ1n) is 3.93. The second-order valence-electron chi connectivity index (χ2n) is 2.99. The van der Waals surface area contributed by atoms with E-state index < -0.39 is 5.97 Å². The van der Waals surface area contributed by atoms with Gasteiger partial charge < -0.3 is 9.92 Å². The quantitative estimate of drug-likeness (QED) is 0.583. The molecular formula is C7H12BNO2. The summed E-state index contributed by atoms with van der Waals surface area (Å²) in [6.45, 7) is 0.831. The number of aliphatic carboxylic acids is 1. The van der Waals surface area contributed by atoms with E-state index in [1.807, 2.05) is 0 Å². The zero-order chi connectivity index (χ0) is 8.27. The fraction of sp³-hybridized carbons (Fsp3) is 0.857. The van der Waals surface area contributed by atoms with Gasteiger partial charge in [-0.3, -0.25) is 4.79 Å². The Morgan fingerprint density at radius 3 is 2.91 bits per heavy atom. The Balaban J connectivity index is 2.35. The normalized spacial score (nSPS) is 26.7. The number of hydrogen-bond acceptors (Lipinski definition) is 2. The van der Waals surface area contributed by atoms with Gasteiger partial charge in [-0.1, -0.05) is 6.42 Å². The maximum Gasteiger partial charge on any atom is 0.304 e. The van der Waals surface area contributed by atoms with Crippen LogP contribution in [-0.4, -0.2) is 36.5 Å². The van der Waals surface area contributed by atoms with Crippen molar-refractivity contribution in [3.63, 3.8) is 0 Å². The van der Waals surface area contributed by atoms with Crippen LogP contribution in [0.2, 0.25) is 0 Å². The van der Waals surface area contributed by atoms with Gasteiger partial charge in [0.1, 0.15) is 0 Å². The number of carboxylic acid groups (broad SMARTS) is 1. The highest BCUT2D eigenvalue weighted by Gasteiger charge is 2.20. The SMILES string of the molecule is [B]N1CCCC[C@H]1CC(=O)O. The first kappa shape index (κ1) is 8.59. The number of carbonyl (C=O) groups is 1. The molecule has 2 radical (unpaired) electrons. The van der Waals surface area contributed by atoms with Gasteiger partial charge in [0, 0.05) is 6.04 Å². The fourth-order valence-corrected chi connectivity index (χ4v) is 1.44. The smallest absolute Gasteiger partial charge is 0.304 e. The van der Waals surface area contributed by atoms with Crippen LogP contribution in [0.1, 0.15) is 25.7 Å². The first-order valence-corrected chi connectivity index (χ1v) is 3.93. The van der Waals surface area contributed by atoms with Crippen molar-refractivity contribution in [2.45, 2.75) is 31.7 Å². The monoisotopic (exact) mass is 153 g/mol. The van der Waals surface area contributed by atoms with E-state index in [-0.39, 0.29) is 12.5 Å². The Kier molecular flexibility index (Phi) is 2.94. The summed E-state index contributed by atoms with van der Waals surface area (Å²) in [5.74, 6) is -0.757. The van der Waals surface area contributed by atoms with E-state index in [4.69, 9.17) is 13.1 Å². The lowest BCUT2D eigenvalue weighted by atomic mass is 9.96. The molecule has 0 spiro atoms. The van der Waals surface area contributed by atoms with Gasteiger partial charge in [0.15, 0.2) is 7.98 Å². The van der Waals surface area contributed by atoms with E-state index in [2.05, 4.69) is 0 Å². The summed E-state index contributed by atoms with van der Waals surface area (Å²) in [7, 11) is 5.60. The maximum absolute atomic E-state index is 10.3. The second-order valence-corrected chi connectivity index (χ2v) is 2.99. The third-order valence-electron chi connectivity index (χ3n) is 2.08. The molecule has 0 aromatic rings. The van der Waals surface area contributed by atoms with Crippen molar-refractivity contribution < 1.29 is 9.90 Å². The highest BCUT2D eigenvalue weighted by atomic mass is 16.4. The van der Waals surface area contributed by atoms with Gasteiger partial charge in [0.2, 0.25) is 0 Å². The highest BCUT2D eigenvalue weighted by molar-refractivity contribution is 6.04. The van der Waals surface area contributed by atoms with Crippen molar-refractivity contribution >= 4 is 14.0 Å². The largest absolute Gasteiger partial charge is 0.481 e. The lowest BCUT2D eigenvalue weighted by Crippen LogP contribution is -2.38. The molecule has 0 saturated carbocycles. The Morgan fingerprint density at radius 1 is 1.64 bits per heavy atom. The van der Waals surface area contributed by atoms with Crippen LogP contribution in [0.15, 0.2) is 0 Å². The Morgan fingerprint density at radius 2 is 2.36 bits per heavy atom. The van der Waals surface area contributed by atoms with E-state index in [1.54, 1.807) is 4.81 Å². The summed E-state index contributed by atoms with van der Waals surface area (Å²) in [4.78, 5) is 12.0. The minimum absolute atomic E-state index is 0.0567. The minimum atomic E-state index is -0.757. The molecule has 0 unspecified atom stereocenters. The van der Waals surface area contributed by atoms with E-state index in [1.165, 1.54) is 0 Å². The Hall–Kier alpha value is -0.505. The molecule has 11 heavy (non-hydrogen) atoms. The van der Waals surface area contributed by atoms with Gasteiger partial charge in [-0.05, 0) is 19.4 Å². The number of rotatable bonds is 2. The molecule has 1 fully saturated rings. The van der Waals surface area contributed by atoms with E-state index in [0.717, 1.165) is 25.8 Å². The molecule has 1 aliphatic rings. The van der Waals surface area contributed by atoms with Crippen molar-refractivity contribution in [1.82, 2.24) is 4.81 Å². The van der Waals surface area contributed by atoms with Gasteiger partial charge >= 0.3 is 5.97 Å². The lowest BCUT2D eigenvalue weighted by Gasteiger charge is -2.31. The topological polar surface area (TPSA) is 40.5 Å². The van der Waals surface area contributed by atoms with Crippen LogP contribution < -0.4 is 0 Å². The van der Waals surface area contributed by atoms with Crippen LogP contribution in [0.5, 0.6) is 0 Å². The zero-order valence-corrected chi connectivity index (χ0v) is 6.49. The molecule has 1 saturated heterocycles. The first-order chi connectivity index (χ1) is 5.20. The highest BCUT2D eigenvalue weighted by Crippen LogP contribution is 2.16. The number of hydrogen-bond donors (Lipinski definition) is 1. The average Bonchev–Trinajstić information content (AvgIpc) is 1.93. The van der Waals surface area contributed by atoms with Crippen molar-refractivity contribution in [2.75, 3.05) is 6.54 Å². The zero-order valence-electron chi connectivity index (χ0n) is 6.49. The molecule has 1 N–H and O–H groups in total. The van der Waals surface area contributed by atoms with Gasteiger partial charge in [-0.15, -0.1) is 0 Å². The van der Waals surface area contributed by atoms with E-state index in [0.29, 0.717) is 0 Å². The van der Waals surface area contributed by atoms with Crippen LogP contribution in [0.4, 0.5) is 0 Å². The lowest BCUT2D eigenvalue weighted by molar-refractivity contribution is -0.138. The van der Waals surface area contributed by atoms with Crippen molar-refractivity contribution in [2.24, 2.45) is 0 Å². The van der Waals surface area contributed by atoms with Gasteiger partial charge in [-0.2, -0.15) is 0 Å². The molecule has 0 aromatic heterocycles. The molecule has 60 valence electrons. The molecule has 1 heterocycles. The molecule has 0 bridgehead atoms. The average molecular weight is 153 g/mol. The van der Waals surface area contributed by atoms with Gasteiger partial charge in [0.05, 0.1) is 6.42 Å². The van der Waals surface area contributed by atoms with Crippen molar-refractivity contribution in [3.8, 4) is 0 Å². The van der Waals surface area contributed by atoms with E-state index >= 15 is 0 Å². The van der Waals surface area contributed by atoms with Crippen LogP contribution in [0.25, 0.3) is 0 Å². The van der Waals surface area contributed by atoms with Crippen LogP contribution in [0, 0.1) is 0 Å². The van der Waals surface area contributed by atoms with Crippen LogP contribution in [0.3, 0.4) is 0 Å². The maximum atomic E-state index is 10.3. The van der Waals surface area contributed by atoms with Crippen LogP contribution in [-0.2, 0) is 4.79 Å². The van der Waals surface area contributed by atoms with E-state index in [9.17, 15) is 4.79 Å². The standard InChI is InChI=1S/C7H12BNO2/c8-9-4-2-1-3-6(9)5-7(10)11/h6H,1-5H2,(H,10,11)/t6-/m0/s1. The minimum Gasteiger partial charge on any atom is -0.481 e. The summed E-state index contributed by atoms with van der Waals surface area (Å²) < 4.78 is 0. The molecule has 0 aromatic carbocycles. The second kappa shape index (κ2) is 3.76. The predicted molar refractivity (Wildman–Crippen MR) is 42.4 cm³/mol. The number of piperidine rings is 1. The fourth-order valence-electron chi connectivity index (χ4n) is 1.44. The summed E-state index contributed by atoms with van der Waals surface area (Å²) in [5, 5.41) is 8.50. The Bertz CT molecular complexity index is 151. The Labute approximate surface area is 67.8 Å². The summed E-state index contributed by atoms with van der Waals surface area (Å²) in [6.07, 6.45) is 3.29. The molecule has 1 atom stereocenters. The number of nitrogens with zero attached hydrogens (tertiary/aromatic N) is 1. The third kappa shape index (κ3) is 2.54. The number of carboxylic acids is 1. The molecule has 1 rings (SSSR count). The van der Waals surface area contributed by atoms with Gasteiger partial charge in [-0.25, -0.2) is 0 Å². The third-order valence-corrected chi connectivity index (χ3v) is 2.08. The molecule has 1 aliphatic heterocycles. The molecule has 4 heteroatoms. The summed E-state index contributed by atoms with van der Waals surface area (Å²) >= 11 is 0. The van der Waals surface area contributed by atoms with Gasteiger partial charge in [0.25, 0.3) is 0 Å². The predicted octanol–water partition coefficient (Wildman–Crippen LogP) is 0.399. The summed E-state index contributed by atoms with van der Waals surface area (Å²) in [6, 6.07) is 0.0567. The molecule has 3 nitrogen and oxygen atoms in total. The van der Waals surface area contributed by atoms with Crippen molar-refractivity contribution in [1.29, 1.82) is 0 Å².